The lowest BCUT2D eigenvalue weighted by Gasteiger charge is -2.13. The molecule has 0 saturated heterocycles. The van der Waals surface area contributed by atoms with Gasteiger partial charge in [-0.3, -0.25) is 4.79 Å². The highest BCUT2D eigenvalue weighted by atomic mass is 35.5. The van der Waals surface area contributed by atoms with Gasteiger partial charge >= 0.3 is 0 Å². The van der Waals surface area contributed by atoms with Crippen LogP contribution in [0.25, 0.3) is 0 Å². The molecule has 0 aliphatic heterocycles. The summed E-state index contributed by atoms with van der Waals surface area (Å²) < 4.78 is 5.73. The fourth-order valence-electron chi connectivity index (χ4n) is 1.98. The zero-order valence-electron chi connectivity index (χ0n) is 11.7. The second-order valence-electron chi connectivity index (χ2n) is 5.16. The van der Waals surface area contributed by atoms with Crippen LogP contribution in [0.5, 0.6) is 5.75 Å². The molecule has 1 aromatic heterocycles. The van der Waals surface area contributed by atoms with Gasteiger partial charge in [0.05, 0.1) is 16.7 Å². The van der Waals surface area contributed by atoms with Crippen molar-refractivity contribution in [3.8, 4) is 5.75 Å². The van der Waals surface area contributed by atoms with Crippen LogP contribution in [0.1, 0.15) is 23.2 Å². The molecule has 1 aromatic carbocycles. The molecule has 3 rings (SSSR count). The number of anilines is 1. The van der Waals surface area contributed by atoms with Crippen LogP contribution in [0.15, 0.2) is 36.5 Å². The summed E-state index contributed by atoms with van der Waals surface area (Å²) in [6, 6.07) is 8.50. The van der Waals surface area contributed by atoms with E-state index in [2.05, 4.69) is 10.3 Å². The molecule has 1 heterocycles. The van der Waals surface area contributed by atoms with Gasteiger partial charge in [-0.1, -0.05) is 29.3 Å². The Kier molecular flexibility index (Phi) is 4.50. The maximum absolute atomic E-state index is 12.5. The molecule has 1 aliphatic carbocycles. The normalized spacial score (nSPS) is 13.7. The Morgan fingerprint density at radius 3 is 2.73 bits per heavy atom. The van der Waals surface area contributed by atoms with Crippen molar-refractivity contribution in [2.75, 3.05) is 11.9 Å². The van der Waals surface area contributed by atoms with Gasteiger partial charge in [-0.2, -0.15) is 0 Å². The van der Waals surface area contributed by atoms with Crippen LogP contribution in [0.2, 0.25) is 10.0 Å². The van der Waals surface area contributed by atoms with Gasteiger partial charge < -0.3 is 10.1 Å². The fraction of sp³-hybridized carbons (Fsp3) is 0.250. The van der Waals surface area contributed by atoms with E-state index < -0.39 is 5.91 Å². The fourth-order valence-corrected chi connectivity index (χ4v) is 2.41. The minimum atomic E-state index is -0.392. The first-order valence-electron chi connectivity index (χ1n) is 6.98. The summed E-state index contributed by atoms with van der Waals surface area (Å²) >= 11 is 12.2. The molecular weight excluding hydrogens is 323 g/mol. The number of carbonyl (C=O) groups excluding carboxylic acids is 1. The summed E-state index contributed by atoms with van der Waals surface area (Å²) in [5.74, 6) is 0.961. The Morgan fingerprint density at radius 1 is 1.23 bits per heavy atom. The van der Waals surface area contributed by atoms with Gasteiger partial charge in [0.1, 0.15) is 11.3 Å². The number of amides is 1. The predicted octanol–water partition coefficient (Wildman–Crippen LogP) is 4.43. The van der Waals surface area contributed by atoms with Gasteiger partial charge in [0.15, 0.2) is 5.82 Å². The van der Waals surface area contributed by atoms with Crippen molar-refractivity contribution in [2.24, 2.45) is 5.92 Å². The van der Waals surface area contributed by atoms with Gasteiger partial charge in [-0.05, 0) is 43.0 Å². The molecular formula is C16H14Cl2N2O2. The maximum atomic E-state index is 12.5. The number of pyridine rings is 1. The summed E-state index contributed by atoms with van der Waals surface area (Å²) in [7, 11) is 0. The van der Waals surface area contributed by atoms with Crippen LogP contribution in [-0.4, -0.2) is 17.5 Å². The zero-order chi connectivity index (χ0) is 15.5. The Bertz CT molecular complexity index is 702. The van der Waals surface area contributed by atoms with Crippen molar-refractivity contribution in [3.05, 3.63) is 52.1 Å². The molecule has 1 N–H and O–H groups in total. The summed E-state index contributed by atoms with van der Waals surface area (Å²) in [5, 5.41) is 3.36. The number of carbonyl (C=O) groups is 1. The van der Waals surface area contributed by atoms with E-state index >= 15 is 0 Å². The zero-order valence-corrected chi connectivity index (χ0v) is 13.2. The third-order valence-corrected chi connectivity index (χ3v) is 3.98. The van der Waals surface area contributed by atoms with Crippen molar-refractivity contribution in [1.82, 2.24) is 4.98 Å². The SMILES string of the molecule is O=C(Nc1ncccc1Cl)c1c(Cl)cccc1OCC1CC1. The minimum absolute atomic E-state index is 0.294. The van der Waals surface area contributed by atoms with E-state index in [1.807, 2.05) is 0 Å². The second kappa shape index (κ2) is 6.55. The van der Waals surface area contributed by atoms with E-state index in [-0.39, 0.29) is 0 Å². The van der Waals surface area contributed by atoms with Gasteiger partial charge in [0.25, 0.3) is 5.91 Å². The first-order chi connectivity index (χ1) is 10.6. The Morgan fingerprint density at radius 2 is 2.00 bits per heavy atom. The van der Waals surface area contributed by atoms with Crippen molar-refractivity contribution in [1.29, 1.82) is 0 Å². The average Bonchev–Trinajstić information content (AvgIpc) is 3.31. The summed E-state index contributed by atoms with van der Waals surface area (Å²) in [4.78, 5) is 16.5. The first-order valence-corrected chi connectivity index (χ1v) is 7.74. The van der Waals surface area contributed by atoms with Crippen LogP contribution < -0.4 is 10.1 Å². The molecule has 0 bridgehead atoms. The van der Waals surface area contributed by atoms with Gasteiger partial charge in [-0.25, -0.2) is 4.98 Å². The highest BCUT2D eigenvalue weighted by Crippen LogP contribution is 2.32. The van der Waals surface area contributed by atoms with Gasteiger partial charge in [0.2, 0.25) is 0 Å². The van der Waals surface area contributed by atoms with Crippen LogP contribution >= 0.6 is 23.2 Å². The minimum Gasteiger partial charge on any atom is -0.492 e. The number of halogens is 2. The molecule has 22 heavy (non-hydrogen) atoms. The molecule has 4 nitrogen and oxygen atoms in total. The number of ether oxygens (including phenoxy) is 1. The predicted molar refractivity (Wildman–Crippen MR) is 86.9 cm³/mol. The largest absolute Gasteiger partial charge is 0.492 e. The van der Waals surface area contributed by atoms with E-state index in [1.165, 1.54) is 12.8 Å². The van der Waals surface area contributed by atoms with Gasteiger partial charge in [0, 0.05) is 6.20 Å². The monoisotopic (exact) mass is 336 g/mol. The Hall–Kier alpha value is -1.78. The highest BCUT2D eigenvalue weighted by molar-refractivity contribution is 6.36. The van der Waals surface area contributed by atoms with Crippen LogP contribution in [-0.2, 0) is 0 Å². The standard InChI is InChI=1S/C16H14Cl2N2O2/c17-11-3-1-5-13(22-9-10-6-7-10)14(11)16(21)20-15-12(18)4-2-8-19-15/h1-5,8,10H,6-7,9H2,(H,19,20,21). The number of hydrogen-bond acceptors (Lipinski definition) is 3. The third kappa shape index (κ3) is 3.51. The molecule has 1 amide bonds. The molecule has 0 unspecified atom stereocenters. The molecule has 0 atom stereocenters. The Balaban J connectivity index is 1.82. The molecule has 0 radical (unpaired) electrons. The number of hydrogen-bond donors (Lipinski definition) is 1. The van der Waals surface area contributed by atoms with E-state index in [0.29, 0.717) is 39.7 Å². The van der Waals surface area contributed by atoms with Crippen molar-refractivity contribution in [2.45, 2.75) is 12.8 Å². The van der Waals surface area contributed by atoms with E-state index in [9.17, 15) is 4.79 Å². The second-order valence-corrected chi connectivity index (χ2v) is 5.97. The lowest BCUT2D eigenvalue weighted by molar-refractivity contribution is 0.102. The molecule has 6 heteroatoms. The average molecular weight is 337 g/mol. The number of nitrogens with zero attached hydrogens (tertiary/aromatic N) is 1. The lowest BCUT2D eigenvalue weighted by Crippen LogP contribution is -2.16. The smallest absolute Gasteiger partial charge is 0.262 e. The summed E-state index contributed by atoms with van der Waals surface area (Å²) in [6.07, 6.45) is 3.90. The maximum Gasteiger partial charge on any atom is 0.262 e. The van der Waals surface area contributed by atoms with Crippen LogP contribution in [0, 0.1) is 5.92 Å². The molecule has 1 saturated carbocycles. The summed E-state index contributed by atoms with van der Waals surface area (Å²) in [6.45, 7) is 0.602. The van der Waals surface area contributed by atoms with E-state index in [4.69, 9.17) is 27.9 Å². The topological polar surface area (TPSA) is 51.2 Å². The summed E-state index contributed by atoms with van der Waals surface area (Å²) in [5.41, 5.74) is 0.298. The highest BCUT2D eigenvalue weighted by Gasteiger charge is 2.24. The molecule has 1 fully saturated rings. The van der Waals surface area contributed by atoms with Crippen LogP contribution in [0.4, 0.5) is 5.82 Å². The molecule has 0 spiro atoms. The van der Waals surface area contributed by atoms with Crippen molar-refractivity contribution in [3.63, 3.8) is 0 Å². The van der Waals surface area contributed by atoms with Crippen LogP contribution in [0.3, 0.4) is 0 Å². The number of nitrogens with one attached hydrogen (secondary N) is 1. The van der Waals surface area contributed by atoms with Crippen molar-refractivity contribution >= 4 is 34.9 Å². The third-order valence-electron chi connectivity index (χ3n) is 3.36. The van der Waals surface area contributed by atoms with E-state index in [1.54, 1.807) is 36.5 Å². The quantitative estimate of drug-likeness (QED) is 0.878. The number of aromatic nitrogens is 1. The van der Waals surface area contributed by atoms with Crippen molar-refractivity contribution < 1.29 is 9.53 Å². The number of rotatable bonds is 5. The number of benzene rings is 1. The van der Waals surface area contributed by atoms with E-state index in [0.717, 1.165) is 0 Å². The Labute approximate surface area is 138 Å². The lowest BCUT2D eigenvalue weighted by atomic mass is 10.2. The molecule has 2 aromatic rings. The van der Waals surface area contributed by atoms with Gasteiger partial charge in [-0.15, -0.1) is 0 Å². The first kappa shape index (κ1) is 15.1. The molecule has 114 valence electrons. The molecule has 1 aliphatic rings.